The summed E-state index contributed by atoms with van der Waals surface area (Å²) in [6, 6.07) is 12.2. The summed E-state index contributed by atoms with van der Waals surface area (Å²) in [6.45, 7) is 4.54. The van der Waals surface area contributed by atoms with Crippen molar-refractivity contribution in [1.29, 1.82) is 0 Å². The molecule has 0 aromatic heterocycles. The molecule has 3 aliphatic rings. The first-order valence-electron chi connectivity index (χ1n) is 11.2. The van der Waals surface area contributed by atoms with E-state index in [-0.39, 0.29) is 17.6 Å². The molecule has 0 spiro atoms. The summed E-state index contributed by atoms with van der Waals surface area (Å²) in [5.41, 5.74) is 5.09. The number of rotatable bonds is 4. The molecule has 1 fully saturated rings. The third-order valence-electron chi connectivity index (χ3n) is 6.90. The Labute approximate surface area is 183 Å². The second kappa shape index (κ2) is 8.35. The zero-order valence-corrected chi connectivity index (χ0v) is 18.0. The molecular formula is C25H29N3O3. The Morgan fingerprint density at radius 3 is 2.61 bits per heavy atom. The number of piperazine rings is 1. The highest BCUT2D eigenvalue weighted by atomic mass is 16.5. The number of amides is 1. The molecule has 6 nitrogen and oxygen atoms in total. The monoisotopic (exact) mass is 419 g/mol. The maximum Gasteiger partial charge on any atom is 0.224 e. The van der Waals surface area contributed by atoms with Crippen LogP contribution in [0.4, 0.5) is 11.4 Å². The molecule has 1 saturated heterocycles. The average Bonchev–Trinajstić information content (AvgIpc) is 2.80. The van der Waals surface area contributed by atoms with E-state index >= 15 is 0 Å². The molecule has 162 valence electrons. The number of ether oxygens (including phenoxy) is 1. The number of methoxy groups -OCH3 is 1. The predicted octanol–water partition coefficient (Wildman–Crippen LogP) is 3.15. The van der Waals surface area contributed by atoms with Crippen molar-refractivity contribution in [3.63, 3.8) is 0 Å². The lowest BCUT2D eigenvalue weighted by molar-refractivity contribution is -0.116. The molecule has 1 atom stereocenters. The minimum atomic E-state index is 0.0302. The van der Waals surface area contributed by atoms with E-state index < -0.39 is 0 Å². The van der Waals surface area contributed by atoms with Crippen molar-refractivity contribution in [3.05, 3.63) is 53.1 Å². The van der Waals surface area contributed by atoms with Crippen molar-refractivity contribution in [2.45, 2.75) is 25.7 Å². The third-order valence-corrected chi connectivity index (χ3v) is 6.90. The van der Waals surface area contributed by atoms with Gasteiger partial charge < -0.3 is 15.0 Å². The summed E-state index contributed by atoms with van der Waals surface area (Å²) in [5, 5.41) is 2.94. The molecule has 2 heterocycles. The first-order valence-corrected chi connectivity index (χ1v) is 11.2. The molecular weight excluding hydrogens is 390 g/mol. The van der Waals surface area contributed by atoms with E-state index in [4.69, 9.17) is 4.74 Å². The van der Waals surface area contributed by atoms with Crippen LogP contribution < -0.4 is 15.0 Å². The van der Waals surface area contributed by atoms with Crippen LogP contribution in [0.5, 0.6) is 5.75 Å². The van der Waals surface area contributed by atoms with Gasteiger partial charge in [-0.2, -0.15) is 0 Å². The molecule has 1 aliphatic carbocycles. The number of anilines is 2. The lowest BCUT2D eigenvalue weighted by Crippen LogP contribution is -2.49. The molecule has 2 aromatic carbocycles. The van der Waals surface area contributed by atoms with E-state index in [2.05, 4.69) is 27.2 Å². The van der Waals surface area contributed by atoms with Crippen LogP contribution in [0.3, 0.4) is 0 Å². The Hall–Kier alpha value is -2.86. The van der Waals surface area contributed by atoms with Gasteiger partial charge in [-0.05, 0) is 48.6 Å². The van der Waals surface area contributed by atoms with Gasteiger partial charge in [0.1, 0.15) is 5.75 Å². The number of hydrogen-bond donors (Lipinski definition) is 1. The number of fused-ring (bicyclic) bond motifs is 2. The Balaban J connectivity index is 1.24. The maximum absolute atomic E-state index is 13.3. The van der Waals surface area contributed by atoms with Crippen molar-refractivity contribution < 1.29 is 14.3 Å². The van der Waals surface area contributed by atoms with Crippen LogP contribution in [0.25, 0.3) is 0 Å². The molecule has 1 amide bonds. The second-order valence-corrected chi connectivity index (χ2v) is 8.77. The van der Waals surface area contributed by atoms with Crippen molar-refractivity contribution in [1.82, 2.24) is 4.90 Å². The Kier molecular flexibility index (Phi) is 5.40. The van der Waals surface area contributed by atoms with Crippen molar-refractivity contribution >= 4 is 23.1 Å². The highest BCUT2D eigenvalue weighted by molar-refractivity contribution is 6.03. The van der Waals surface area contributed by atoms with Gasteiger partial charge in [0.25, 0.3) is 0 Å². The van der Waals surface area contributed by atoms with Crippen molar-refractivity contribution in [3.8, 4) is 5.75 Å². The van der Waals surface area contributed by atoms with Crippen LogP contribution in [0, 0.1) is 5.92 Å². The average molecular weight is 420 g/mol. The van der Waals surface area contributed by atoms with Crippen LogP contribution in [-0.4, -0.2) is 56.4 Å². The summed E-state index contributed by atoms with van der Waals surface area (Å²) in [5.74, 6) is 1.21. The van der Waals surface area contributed by atoms with Crippen LogP contribution in [0.15, 0.2) is 36.4 Å². The highest BCUT2D eigenvalue weighted by Crippen LogP contribution is 2.33. The largest absolute Gasteiger partial charge is 0.495 e. The lowest BCUT2D eigenvalue weighted by atomic mass is 9.80. The number of benzene rings is 2. The molecule has 0 bridgehead atoms. The molecule has 31 heavy (non-hydrogen) atoms. The third kappa shape index (κ3) is 3.92. The maximum atomic E-state index is 13.3. The van der Waals surface area contributed by atoms with E-state index in [1.165, 1.54) is 0 Å². The van der Waals surface area contributed by atoms with E-state index in [9.17, 15) is 9.59 Å². The predicted molar refractivity (Wildman–Crippen MR) is 121 cm³/mol. The number of carbonyl (C=O) groups excluding carboxylic acids is 2. The number of nitrogens with zero attached hydrogens (tertiary/aromatic N) is 2. The van der Waals surface area contributed by atoms with Gasteiger partial charge in [-0.1, -0.05) is 18.2 Å². The van der Waals surface area contributed by atoms with Gasteiger partial charge in [0.2, 0.25) is 5.91 Å². The summed E-state index contributed by atoms with van der Waals surface area (Å²) >= 11 is 0. The summed E-state index contributed by atoms with van der Waals surface area (Å²) in [6.07, 6.45) is 3.14. The number of ketones is 1. The minimum Gasteiger partial charge on any atom is -0.495 e. The normalized spacial score (nSPS) is 21.3. The Bertz CT molecular complexity index is 1010. The first kappa shape index (κ1) is 20.1. The number of carbonyl (C=O) groups is 2. The molecule has 5 rings (SSSR count). The number of nitrogens with one attached hydrogen (secondary N) is 1. The number of Topliss-reactive ketones (excluding diaryl/α,β-unsaturated/α-hetero) is 1. The molecule has 2 aliphatic heterocycles. The van der Waals surface area contributed by atoms with E-state index in [0.29, 0.717) is 6.42 Å². The van der Waals surface area contributed by atoms with Crippen LogP contribution in [0.1, 0.15) is 34.3 Å². The van der Waals surface area contributed by atoms with Gasteiger partial charge in [-0.15, -0.1) is 0 Å². The number of para-hydroxylation sites is 2. The first-order chi connectivity index (χ1) is 15.1. The number of hydrogen-bond acceptors (Lipinski definition) is 5. The summed E-state index contributed by atoms with van der Waals surface area (Å²) < 4.78 is 5.51. The van der Waals surface area contributed by atoms with Gasteiger partial charge >= 0.3 is 0 Å². The van der Waals surface area contributed by atoms with E-state index in [0.717, 1.165) is 85.8 Å². The fourth-order valence-corrected chi connectivity index (χ4v) is 5.14. The quantitative estimate of drug-likeness (QED) is 0.825. The highest BCUT2D eigenvalue weighted by Gasteiger charge is 2.31. The van der Waals surface area contributed by atoms with Gasteiger partial charge in [-0.25, -0.2) is 0 Å². The minimum absolute atomic E-state index is 0.0302. The molecule has 0 saturated carbocycles. The second-order valence-electron chi connectivity index (χ2n) is 8.77. The van der Waals surface area contributed by atoms with E-state index in [1.54, 1.807) is 7.11 Å². The lowest BCUT2D eigenvalue weighted by Gasteiger charge is -2.38. The van der Waals surface area contributed by atoms with Gasteiger partial charge in [0.15, 0.2) is 5.78 Å². The Morgan fingerprint density at radius 2 is 1.81 bits per heavy atom. The Morgan fingerprint density at radius 1 is 1.00 bits per heavy atom. The number of aryl methyl sites for hydroxylation is 2. The molecule has 6 heteroatoms. The summed E-state index contributed by atoms with van der Waals surface area (Å²) in [4.78, 5) is 29.8. The van der Waals surface area contributed by atoms with E-state index in [1.807, 2.05) is 24.3 Å². The zero-order valence-electron chi connectivity index (χ0n) is 18.0. The van der Waals surface area contributed by atoms with Crippen LogP contribution >= 0.6 is 0 Å². The topological polar surface area (TPSA) is 61.9 Å². The zero-order chi connectivity index (χ0) is 21.4. The van der Waals surface area contributed by atoms with Gasteiger partial charge in [0.05, 0.1) is 12.8 Å². The molecule has 1 N–H and O–H groups in total. The molecule has 2 aromatic rings. The van der Waals surface area contributed by atoms with Crippen molar-refractivity contribution in [2.24, 2.45) is 5.92 Å². The fourth-order valence-electron chi connectivity index (χ4n) is 5.14. The fraction of sp³-hybridized carbons (Fsp3) is 0.440. The smallest absolute Gasteiger partial charge is 0.224 e. The summed E-state index contributed by atoms with van der Waals surface area (Å²) in [7, 11) is 1.71. The van der Waals surface area contributed by atoms with Gasteiger partial charge in [-0.3, -0.25) is 14.5 Å². The molecule has 0 radical (unpaired) electrons. The van der Waals surface area contributed by atoms with Gasteiger partial charge in [0, 0.05) is 56.3 Å². The SMILES string of the molecule is COc1ccccc1N1CCN(CC2CCc3cc4c(cc3C2=O)NC(=O)CC4)CC1. The van der Waals surface area contributed by atoms with Crippen LogP contribution in [-0.2, 0) is 17.6 Å². The standard InChI is InChI=1S/C25H29N3O3/c1-31-23-5-3-2-4-22(23)28-12-10-27(11-13-28)16-19-7-6-17-14-18-8-9-24(29)26-21(18)15-20(17)25(19)30/h2-5,14-15,19H,6-13,16H2,1H3,(H,26,29). The van der Waals surface area contributed by atoms with Crippen molar-refractivity contribution in [2.75, 3.05) is 50.1 Å². The molecule has 1 unspecified atom stereocenters. The van der Waals surface area contributed by atoms with Crippen LogP contribution in [0.2, 0.25) is 0 Å².